The minimum absolute atomic E-state index is 0.438. The van der Waals surface area contributed by atoms with Crippen molar-refractivity contribution in [2.24, 2.45) is 0 Å². The maximum Gasteiger partial charge on any atom is 0.209 e. The second-order valence-electron chi connectivity index (χ2n) is 6.35. The van der Waals surface area contributed by atoms with Crippen LogP contribution < -0.4 is 10.0 Å². The summed E-state index contributed by atoms with van der Waals surface area (Å²) in [5, 5.41) is 3.36. The Kier molecular flexibility index (Phi) is 6.23. The Morgan fingerprint density at radius 2 is 2.00 bits per heavy atom. The first kappa shape index (κ1) is 16.9. The van der Waals surface area contributed by atoms with E-state index in [1.165, 1.54) is 32.1 Å². The lowest BCUT2D eigenvalue weighted by Gasteiger charge is -2.33. The van der Waals surface area contributed by atoms with Crippen molar-refractivity contribution in [1.29, 1.82) is 0 Å². The molecule has 1 saturated heterocycles. The van der Waals surface area contributed by atoms with Crippen molar-refractivity contribution >= 4 is 10.0 Å². The zero-order valence-corrected chi connectivity index (χ0v) is 13.5. The summed E-state index contributed by atoms with van der Waals surface area (Å²) in [6.07, 6.45) is 6.25. The van der Waals surface area contributed by atoms with E-state index in [1.54, 1.807) is 0 Å². The van der Waals surface area contributed by atoms with Gasteiger partial charge in [0, 0.05) is 18.1 Å². The Morgan fingerprint density at radius 3 is 2.58 bits per heavy atom. The van der Waals surface area contributed by atoms with Gasteiger partial charge in [0.2, 0.25) is 10.0 Å². The van der Waals surface area contributed by atoms with Crippen LogP contribution in [0.3, 0.4) is 0 Å². The first-order chi connectivity index (χ1) is 8.70. The minimum atomic E-state index is -3.15. The molecule has 0 aromatic carbocycles. The van der Waals surface area contributed by atoms with Crippen LogP contribution in [0.4, 0.5) is 0 Å². The molecule has 5 nitrogen and oxygen atoms in total. The molecule has 1 fully saturated rings. The largest absolute Gasteiger partial charge is 0.315 e. The van der Waals surface area contributed by atoms with Crippen LogP contribution in [0.5, 0.6) is 0 Å². The van der Waals surface area contributed by atoms with E-state index in [0.29, 0.717) is 12.6 Å². The third-order valence-electron chi connectivity index (χ3n) is 3.60. The van der Waals surface area contributed by atoms with E-state index in [2.05, 4.69) is 22.0 Å². The number of nitrogens with zero attached hydrogens (tertiary/aromatic N) is 1. The highest BCUT2D eigenvalue weighted by Gasteiger charge is 2.22. The minimum Gasteiger partial charge on any atom is -0.315 e. The van der Waals surface area contributed by atoms with Crippen LogP contribution in [0.2, 0.25) is 0 Å². The van der Waals surface area contributed by atoms with Gasteiger partial charge in [-0.1, -0.05) is 6.42 Å². The fraction of sp³-hybridized carbons (Fsp3) is 1.00. The van der Waals surface area contributed by atoms with E-state index in [9.17, 15) is 8.42 Å². The Bertz CT molecular complexity index is 368. The summed E-state index contributed by atoms with van der Waals surface area (Å²) in [5.41, 5.74) is -0.438. The summed E-state index contributed by atoms with van der Waals surface area (Å²) in [7, 11) is -0.953. The molecule has 0 radical (unpaired) electrons. The number of hydrogen-bond donors (Lipinski definition) is 2. The summed E-state index contributed by atoms with van der Waals surface area (Å²) >= 11 is 0. The van der Waals surface area contributed by atoms with Gasteiger partial charge in [0.1, 0.15) is 0 Å². The molecule has 1 heterocycles. The molecule has 0 aliphatic carbocycles. The molecule has 6 heteroatoms. The second kappa shape index (κ2) is 7.02. The van der Waals surface area contributed by atoms with Crippen molar-refractivity contribution < 1.29 is 8.42 Å². The fourth-order valence-corrected chi connectivity index (χ4v) is 3.79. The third-order valence-corrected chi connectivity index (χ3v) is 4.53. The third kappa shape index (κ3) is 7.25. The van der Waals surface area contributed by atoms with Gasteiger partial charge in [-0.15, -0.1) is 0 Å². The average molecular weight is 291 g/mol. The Balaban J connectivity index is 2.22. The zero-order chi connectivity index (χ0) is 14.5. The van der Waals surface area contributed by atoms with Crippen LogP contribution >= 0.6 is 0 Å². The first-order valence-corrected chi connectivity index (χ1v) is 8.99. The SMILES string of the molecule is CN1CCCCC1CCNCC(C)(C)NS(C)(=O)=O. The van der Waals surface area contributed by atoms with Gasteiger partial charge in [0.25, 0.3) is 0 Å². The summed E-state index contributed by atoms with van der Waals surface area (Å²) in [4.78, 5) is 2.44. The van der Waals surface area contributed by atoms with E-state index in [0.717, 1.165) is 13.0 Å². The standard InChI is InChI=1S/C13H29N3O2S/c1-13(2,15-19(4,17)18)11-14-9-8-12-7-5-6-10-16(12)3/h12,14-15H,5-11H2,1-4H3. The van der Waals surface area contributed by atoms with Crippen molar-refractivity contribution in [3.05, 3.63) is 0 Å². The monoisotopic (exact) mass is 291 g/mol. The molecule has 1 aliphatic rings. The van der Waals surface area contributed by atoms with Crippen LogP contribution in [0.25, 0.3) is 0 Å². The predicted octanol–water partition coefficient (Wildman–Crippen LogP) is 0.778. The molecule has 0 saturated carbocycles. The Labute approximate surface area is 118 Å². The number of rotatable bonds is 7. The maximum absolute atomic E-state index is 11.2. The van der Waals surface area contributed by atoms with E-state index < -0.39 is 15.6 Å². The normalized spacial score (nSPS) is 22.6. The van der Waals surface area contributed by atoms with Gasteiger partial charge in [-0.05, 0) is 53.2 Å². The molecule has 1 unspecified atom stereocenters. The molecule has 0 bridgehead atoms. The van der Waals surface area contributed by atoms with Crippen molar-refractivity contribution in [1.82, 2.24) is 14.9 Å². The molecule has 0 amide bonds. The lowest BCUT2D eigenvalue weighted by molar-refractivity contribution is 0.175. The Hall–Kier alpha value is -0.170. The van der Waals surface area contributed by atoms with Crippen LogP contribution in [-0.4, -0.2) is 57.8 Å². The number of likely N-dealkylation sites (tertiary alicyclic amines) is 1. The first-order valence-electron chi connectivity index (χ1n) is 7.09. The molecule has 0 aromatic rings. The van der Waals surface area contributed by atoms with Crippen LogP contribution in [0.15, 0.2) is 0 Å². The molecule has 1 atom stereocenters. The van der Waals surface area contributed by atoms with Crippen LogP contribution in [-0.2, 0) is 10.0 Å². The van der Waals surface area contributed by atoms with E-state index in [-0.39, 0.29) is 0 Å². The smallest absolute Gasteiger partial charge is 0.209 e. The molecule has 114 valence electrons. The highest BCUT2D eigenvalue weighted by atomic mass is 32.2. The van der Waals surface area contributed by atoms with E-state index in [4.69, 9.17) is 0 Å². The van der Waals surface area contributed by atoms with Crippen molar-refractivity contribution in [2.75, 3.05) is 32.9 Å². The zero-order valence-electron chi connectivity index (χ0n) is 12.7. The summed E-state index contributed by atoms with van der Waals surface area (Å²) < 4.78 is 25.1. The summed E-state index contributed by atoms with van der Waals surface area (Å²) in [6.45, 7) is 6.58. The highest BCUT2D eigenvalue weighted by molar-refractivity contribution is 7.88. The molecule has 2 N–H and O–H groups in total. The van der Waals surface area contributed by atoms with Crippen molar-refractivity contribution in [3.8, 4) is 0 Å². The predicted molar refractivity (Wildman–Crippen MR) is 79.8 cm³/mol. The summed E-state index contributed by atoms with van der Waals surface area (Å²) in [6, 6.07) is 0.673. The molecule has 1 rings (SSSR count). The topological polar surface area (TPSA) is 61.4 Å². The van der Waals surface area contributed by atoms with Gasteiger partial charge in [-0.3, -0.25) is 0 Å². The van der Waals surface area contributed by atoms with E-state index >= 15 is 0 Å². The van der Waals surface area contributed by atoms with Gasteiger partial charge in [-0.2, -0.15) is 0 Å². The second-order valence-corrected chi connectivity index (χ2v) is 8.10. The molecular weight excluding hydrogens is 262 g/mol. The fourth-order valence-electron chi connectivity index (χ4n) is 2.72. The lowest BCUT2D eigenvalue weighted by atomic mass is 10.00. The van der Waals surface area contributed by atoms with Crippen molar-refractivity contribution in [3.63, 3.8) is 0 Å². The number of hydrogen-bond acceptors (Lipinski definition) is 4. The number of nitrogens with one attached hydrogen (secondary N) is 2. The molecule has 19 heavy (non-hydrogen) atoms. The molecule has 1 aliphatic heterocycles. The van der Waals surface area contributed by atoms with Crippen LogP contribution in [0, 0.1) is 0 Å². The van der Waals surface area contributed by atoms with Gasteiger partial charge in [-0.25, -0.2) is 13.1 Å². The van der Waals surface area contributed by atoms with Gasteiger partial charge < -0.3 is 10.2 Å². The van der Waals surface area contributed by atoms with Gasteiger partial charge in [0.05, 0.1) is 6.26 Å². The number of sulfonamides is 1. The average Bonchev–Trinajstić information content (AvgIpc) is 2.23. The van der Waals surface area contributed by atoms with Gasteiger partial charge in [0.15, 0.2) is 0 Å². The number of piperidine rings is 1. The van der Waals surface area contributed by atoms with Gasteiger partial charge >= 0.3 is 0 Å². The Morgan fingerprint density at radius 1 is 1.32 bits per heavy atom. The highest BCUT2D eigenvalue weighted by Crippen LogP contribution is 2.17. The maximum atomic E-state index is 11.2. The quantitative estimate of drug-likeness (QED) is 0.681. The lowest BCUT2D eigenvalue weighted by Crippen LogP contribution is -2.50. The summed E-state index contributed by atoms with van der Waals surface area (Å²) in [5.74, 6) is 0. The van der Waals surface area contributed by atoms with E-state index in [1.807, 2.05) is 13.8 Å². The molecule has 0 spiro atoms. The van der Waals surface area contributed by atoms with Crippen molar-refractivity contribution in [2.45, 2.75) is 51.1 Å². The molecule has 0 aromatic heterocycles. The molecular formula is C13H29N3O2S. The van der Waals surface area contributed by atoms with Crippen LogP contribution in [0.1, 0.15) is 39.5 Å².